The lowest BCUT2D eigenvalue weighted by atomic mass is 10.1. The smallest absolute Gasteiger partial charge is 0.197 e. The number of nitrogens with two attached hydrogens (primary N) is 1. The average Bonchev–Trinajstić information content (AvgIpc) is 2.54. The number of anilines is 1. The van der Waals surface area contributed by atoms with Gasteiger partial charge in [0.25, 0.3) is 0 Å². The van der Waals surface area contributed by atoms with Crippen molar-refractivity contribution in [1.82, 2.24) is 0 Å². The molecule has 5 heteroatoms. The van der Waals surface area contributed by atoms with Crippen LogP contribution < -0.4 is 20.6 Å². The van der Waals surface area contributed by atoms with Crippen LogP contribution >= 0.6 is 0 Å². The van der Waals surface area contributed by atoms with Gasteiger partial charge in [0.15, 0.2) is 5.43 Å². The number of benzene rings is 2. The molecule has 0 spiro atoms. The third-order valence-corrected chi connectivity index (χ3v) is 3.42. The minimum Gasteiger partial charge on any atom is -0.496 e. The van der Waals surface area contributed by atoms with E-state index in [0.717, 1.165) is 5.56 Å². The van der Waals surface area contributed by atoms with E-state index in [1.54, 1.807) is 43.5 Å². The SMILES string of the molecule is COc1cc(OC)c2c(=O)cc(-c3ccc(N)cc3)oc2c1. The van der Waals surface area contributed by atoms with Crippen LogP contribution in [0.1, 0.15) is 0 Å². The zero-order chi connectivity index (χ0) is 15.7. The molecular weight excluding hydrogens is 282 g/mol. The van der Waals surface area contributed by atoms with E-state index in [-0.39, 0.29) is 5.43 Å². The standard InChI is InChI=1S/C17H15NO4/c1-20-12-7-15(21-2)17-13(19)9-14(22-16(17)8-12)10-3-5-11(18)6-4-10/h3-9H,18H2,1-2H3. The Kier molecular flexibility index (Phi) is 3.47. The van der Waals surface area contributed by atoms with E-state index in [0.29, 0.717) is 33.9 Å². The summed E-state index contributed by atoms with van der Waals surface area (Å²) in [5.41, 5.74) is 7.34. The molecule has 0 unspecified atom stereocenters. The summed E-state index contributed by atoms with van der Waals surface area (Å²) in [5, 5.41) is 0.391. The monoisotopic (exact) mass is 297 g/mol. The first-order chi connectivity index (χ1) is 10.6. The molecule has 0 amide bonds. The first-order valence-corrected chi connectivity index (χ1v) is 6.68. The summed E-state index contributed by atoms with van der Waals surface area (Å²) >= 11 is 0. The first-order valence-electron chi connectivity index (χ1n) is 6.68. The van der Waals surface area contributed by atoms with E-state index in [1.165, 1.54) is 13.2 Å². The fourth-order valence-corrected chi connectivity index (χ4v) is 2.30. The zero-order valence-electron chi connectivity index (χ0n) is 12.3. The molecule has 2 N–H and O–H groups in total. The summed E-state index contributed by atoms with van der Waals surface area (Å²) in [7, 11) is 3.05. The first kappa shape index (κ1) is 14.0. The molecule has 0 aliphatic rings. The van der Waals surface area contributed by atoms with Crippen LogP contribution in [0.2, 0.25) is 0 Å². The van der Waals surface area contributed by atoms with Crippen molar-refractivity contribution in [1.29, 1.82) is 0 Å². The van der Waals surface area contributed by atoms with Crippen molar-refractivity contribution in [3.8, 4) is 22.8 Å². The molecule has 5 nitrogen and oxygen atoms in total. The van der Waals surface area contributed by atoms with Gasteiger partial charge in [-0.1, -0.05) is 0 Å². The summed E-state index contributed by atoms with van der Waals surface area (Å²) in [5.74, 6) is 1.45. The second-order valence-corrected chi connectivity index (χ2v) is 4.80. The number of fused-ring (bicyclic) bond motifs is 1. The Bertz CT molecular complexity index is 882. The number of rotatable bonds is 3. The predicted octanol–water partition coefficient (Wildman–Crippen LogP) is 3.06. The maximum Gasteiger partial charge on any atom is 0.197 e. The van der Waals surface area contributed by atoms with E-state index in [2.05, 4.69) is 0 Å². The largest absolute Gasteiger partial charge is 0.496 e. The molecule has 0 saturated heterocycles. The van der Waals surface area contributed by atoms with Crippen LogP contribution in [-0.2, 0) is 0 Å². The van der Waals surface area contributed by atoms with Gasteiger partial charge in [0.2, 0.25) is 0 Å². The van der Waals surface area contributed by atoms with Crippen molar-refractivity contribution >= 4 is 16.7 Å². The van der Waals surface area contributed by atoms with Gasteiger partial charge in [-0.3, -0.25) is 4.79 Å². The predicted molar refractivity (Wildman–Crippen MR) is 85.4 cm³/mol. The number of ether oxygens (including phenoxy) is 2. The molecule has 112 valence electrons. The second-order valence-electron chi connectivity index (χ2n) is 4.80. The van der Waals surface area contributed by atoms with Crippen molar-refractivity contribution in [2.24, 2.45) is 0 Å². The number of methoxy groups -OCH3 is 2. The van der Waals surface area contributed by atoms with Crippen molar-refractivity contribution in [2.45, 2.75) is 0 Å². The van der Waals surface area contributed by atoms with E-state index in [9.17, 15) is 4.79 Å². The van der Waals surface area contributed by atoms with E-state index >= 15 is 0 Å². The lowest BCUT2D eigenvalue weighted by Gasteiger charge is -2.09. The fourth-order valence-electron chi connectivity index (χ4n) is 2.30. The second kappa shape index (κ2) is 5.44. The van der Waals surface area contributed by atoms with Crippen molar-refractivity contribution in [2.75, 3.05) is 20.0 Å². The summed E-state index contributed by atoms with van der Waals surface area (Å²) in [6, 6.07) is 11.9. The van der Waals surface area contributed by atoms with Gasteiger partial charge in [0, 0.05) is 29.4 Å². The molecule has 22 heavy (non-hydrogen) atoms. The van der Waals surface area contributed by atoms with Crippen molar-refractivity contribution in [3.63, 3.8) is 0 Å². The molecule has 0 radical (unpaired) electrons. The Morgan fingerprint density at radius 3 is 2.36 bits per heavy atom. The van der Waals surface area contributed by atoms with Gasteiger partial charge < -0.3 is 19.6 Å². The normalized spacial score (nSPS) is 10.6. The van der Waals surface area contributed by atoms with Crippen molar-refractivity contribution < 1.29 is 13.9 Å². The van der Waals surface area contributed by atoms with Gasteiger partial charge in [0.1, 0.15) is 28.2 Å². The Balaban J connectivity index is 2.27. The molecule has 0 bridgehead atoms. The van der Waals surface area contributed by atoms with Crippen LogP contribution in [0.25, 0.3) is 22.3 Å². The number of hydrogen-bond acceptors (Lipinski definition) is 5. The minimum absolute atomic E-state index is 0.174. The third-order valence-electron chi connectivity index (χ3n) is 3.42. The summed E-state index contributed by atoms with van der Waals surface area (Å²) in [4.78, 5) is 12.4. The van der Waals surface area contributed by atoms with Crippen molar-refractivity contribution in [3.05, 3.63) is 52.7 Å². The highest BCUT2D eigenvalue weighted by atomic mass is 16.5. The molecule has 0 fully saturated rings. The highest BCUT2D eigenvalue weighted by Crippen LogP contribution is 2.31. The van der Waals surface area contributed by atoms with Crippen LogP contribution in [0.15, 0.2) is 51.7 Å². The van der Waals surface area contributed by atoms with Gasteiger partial charge in [-0.15, -0.1) is 0 Å². The highest BCUT2D eigenvalue weighted by molar-refractivity contribution is 5.86. The summed E-state index contributed by atoms with van der Waals surface area (Å²) in [6.45, 7) is 0. The van der Waals surface area contributed by atoms with Gasteiger partial charge in [-0.2, -0.15) is 0 Å². The summed E-state index contributed by atoms with van der Waals surface area (Å²) < 4.78 is 16.3. The van der Waals surface area contributed by atoms with Crippen LogP contribution in [0.5, 0.6) is 11.5 Å². The van der Waals surface area contributed by atoms with E-state index < -0.39 is 0 Å². The lowest BCUT2D eigenvalue weighted by molar-refractivity contribution is 0.396. The van der Waals surface area contributed by atoms with Crippen LogP contribution in [0, 0.1) is 0 Å². The van der Waals surface area contributed by atoms with Gasteiger partial charge in [-0.25, -0.2) is 0 Å². The molecule has 3 aromatic rings. The average molecular weight is 297 g/mol. The quantitative estimate of drug-likeness (QED) is 0.752. The lowest BCUT2D eigenvalue weighted by Crippen LogP contribution is -2.03. The van der Waals surface area contributed by atoms with Gasteiger partial charge in [-0.05, 0) is 24.3 Å². The van der Waals surface area contributed by atoms with E-state index in [4.69, 9.17) is 19.6 Å². The Morgan fingerprint density at radius 1 is 1.00 bits per heavy atom. The number of hydrogen-bond donors (Lipinski definition) is 1. The van der Waals surface area contributed by atoms with Crippen LogP contribution in [0.3, 0.4) is 0 Å². The minimum atomic E-state index is -0.174. The van der Waals surface area contributed by atoms with Crippen LogP contribution in [-0.4, -0.2) is 14.2 Å². The molecular formula is C17H15NO4. The molecule has 0 aliphatic carbocycles. The topological polar surface area (TPSA) is 74.7 Å². The molecule has 1 aromatic heterocycles. The Labute approximate surface area is 126 Å². The van der Waals surface area contributed by atoms with Gasteiger partial charge in [0.05, 0.1) is 14.2 Å². The maximum absolute atomic E-state index is 12.4. The molecule has 1 heterocycles. The molecule has 0 aliphatic heterocycles. The maximum atomic E-state index is 12.4. The van der Waals surface area contributed by atoms with E-state index in [1.807, 2.05) is 0 Å². The molecule has 3 rings (SSSR count). The third kappa shape index (κ3) is 2.37. The summed E-state index contributed by atoms with van der Waals surface area (Å²) in [6.07, 6.45) is 0. The zero-order valence-corrected chi connectivity index (χ0v) is 12.3. The Morgan fingerprint density at radius 2 is 1.73 bits per heavy atom. The highest BCUT2D eigenvalue weighted by Gasteiger charge is 2.13. The molecule has 0 saturated carbocycles. The number of nitrogen functional groups attached to an aromatic ring is 1. The Hall–Kier alpha value is -2.95. The van der Waals surface area contributed by atoms with Gasteiger partial charge >= 0.3 is 0 Å². The van der Waals surface area contributed by atoms with Crippen LogP contribution in [0.4, 0.5) is 5.69 Å². The molecule has 0 atom stereocenters. The molecule has 2 aromatic carbocycles. The fraction of sp³-hybridized carbons (Fsp3) is 0.118.